The topological polar surface area (TPSA) is 73.3 Å². The van der Waals surface area contributed by atoms with Crippen molar-refractivity contribution in [3.8, 4) is 11.5 Å². The van der Waals surface area contributed by atoms with Crippen molar-refractivity contribution >= 4 is 11.6 Å². The van der Waals surface area contributed by atoms with Crippen LogP contribution in [0.3, 0.4) is 0 Å². The molecular weight excluding hydrogens is 346 g/mol. The van der Waals surface area contributed by atoms with Gasteiger partial charge in [-0.3, -0.25) is 4.99 Å². The Labute approximate surface area is 161 Å². The average molecular weight is 377 g/mol. The molecule has 150 valence electrons. The molecule has 1 aliphatic heterocycles. The summed E-state index contributed by atoms with van der Waals surface area (Å²) >= 11 is 0. The number of anilines is 1. The van der Waals surface area contributed by atoms with Gasteiger partial charge in [-0.1, -0.05) is 0 Å². The quantitative estimate of drug-likeness (QED) is 0.371. The van der Waals surface area contributed by atoms with Crippen LogP contribution in [0.1, 0.15) is 25.7 Å². The fourth-order valence-electron chi connectivity index (χ4n) is 2.66. The van der Waals surface area contributed by atoms with Crippen molar-refractivity contribution in [3.63, 3.8) is 0 Å². The Morgan fingerprint density at radius 2 is 2.00 bits per heavy atom. The number of hydrogen-bond donors (Lipinski definition) is 2. The van der Waals surface area contributed by atoms with Crippen LogP contribution in [0.4, 0.5) is 5.69 Å². The number of ether oxygens (including phenoxy) is 4. The first kappa shape index (κ1) is 19.8. The number of nitrogens with zero attached hydrogens (tertiary/aromatic N) is 1. The predicted octanol–water partition coefficient (Wildman–Crippen LogP) is 2.67. The van der Waals surface area contributed by atoms with Crippen LogP contribution in [0.25, 0.3) is 0 Å². The minimum absolute atomic E-state index is 0.632. The van der Waals surface area contributed by atoms with Crippen molar-refractivity contribution in [3.05, 3.63) is 18.2 Å². The Kier molecular flexibility index (Phi) is 8.04. The average Bonchev–Trinajstić information content (AvgIpc) is 3.52. The van der Waals surface area contributed by atoms with E-state index >= 15 is 0 Å². The monoisotopic (exact) mass is 377 g/mol. The molecule has 3 rings (SSSR count). The fourth-order valence-corrected chi connectivity index (χ4v) is 2.66. The van der Waals surface area contributed by atoms with E-state index in [0.717, 1.165) is 55.0 Å². The highest BCUT2D eigenvalue weighted by Crippen LogP contribution is 2.32. The molecule has 0 amide bonds. The molecule has 1 aromatic carbocycles. The first-order chi connectivity index (χ1) is 13.3. The van der Waals surface area contributed by atoms with Crippen LogP contribution in [0, 0.1) is 5.92 Å². The second-order valence-electron chi connectivity index (χ2n) is 6.86. The molecular formula is C20H31N3O4. The van der Waals surface area contributed by atoms with Crippen molar-refractivity contribution in [2.75, 3.05) is 58.6 Å². The lowest BCUT2D eigenvalue weighted by Crippen LogP contribution is -2.32. The maximum absolute atomic E-state index is 5.77. The zero-order valence-electron chi connectivity index (χ0n) is 16.2. The molecule has 7 heteroatoms. The van der Waals surface area contributed by atoms with Gasteiger partial charge in [0.25, 0.3) is 0 Å². The maximum Gasteiger partial charge on any atom is 0.195 e. The molecule has 1 heterocycles. The minimum Gasteiger partial charge on any atom is -0.490 e. The van der Waals surface area contributed by atoms with Crippen molar-refractivity contribution in [1.82, 2.24) is 5.32 Å². The minimum atomic E-state index is 0.632. The van der Waals surface area contributed by atoms with Crippen LogP contribution < -0.4 is 20.1 Å². The summed E-state index contributed by atoms with van der Waals surface area (Å²) in [5.74, 6) is 3.12. The molecule has 0 spiro atoms. The van der Waals surface area contributed by atoms with E-state index in [1.54, 1.807) is 7.11 Å². The molecule has 1 aromatic rings. The van der Waals surface area contributed by atoms with Gasteiger partial charge in [0.2, 0.25) is 0 Å². The number of benzene rings is 1. The number of nitrogens with one attached hydrogen (secondary N) is 2. The lowest BCUT2D eigenvalue weighted by Gasteiger charge is -2.14. The van der Waals surface area contributed by atoms with Crippen molar-refractivity contribution < 1.29 is 18.9 Å². The first-order valence-corrected chi connectivity index (χ1v) is 9.87. The number of fused-ring (bicyclic) bond motifs is 1. The molecule has 0 atom stereocenters. The van der Waals surface area contributed by atoms with Gasteiger partial charge in [-0.2, -0.15) is 0 Å². The van der Waals surface area contributed by atoms with Crippen LogP contribution in [0.15, 0.2) is 23.2 Å². The maximum atomic E-state index is 5.77. The Hall–Kier alpha value is -1.99. The van der Waals surface area contributed by atoms with Crippen LogP contribution in [-0.4, -0.2) is 59.2 Å². The lowest BCUT2D eigenvalue weighted by molar-refractivity contribution is 0.0699. The van der Waals surface area contributed by atoms with Crippen molar-refractivity contribution in [2.24, 2.45) is 10.9 Å². The molecule has 1 fully saturated rings. The number of rotatable bonds is 10. The van der Waals surface area contributed by atoms with Crippen LogP contribution in [0.2, 0.25) is 0 Å². The zero-order chi connectivity index (χ0) is 18.7. The van der Waals surface area contributed by atoms with E-state index in [1.807, 2.05) is 18.2 Å². The standard InChI is InChI=1S/C20H31N3O4/c1-24-12-13-25-9-2-8-21-20(22-15-16-4-5-16)23-17-6-7-18-19(14-17)27-11-3-10-26-18/h6-7,14,16H,2-5,8-13,15H2,1H3,(H2,21,22,23). The summed E-state index contributed by atoms with van der Waals surface area (Å²) in [5, 5.41) is 6.78. The first-order valence-electron chi connectivity index (χ1n) is 9.87. The number of guanidine groups is 1. The lowest BCUT2D eigenvalue weighted by atomic mass is 10.2. The van der Waals surface area contributed by atoms with E-state index < -0.39 is 0 Å². The van der Waals surface area contributed by atoms with Gasteiger partial charge in [0.15, 0.2) is 17.5 Å². The van der Waals surface area contributed by atoms with E-state index in [1.165, 1.54) is 12.8 Å². The van der Waals surface area contributed by atoms with E-state index in [-0.39, 0.29) is 0 Å². The summed E-state index contributed by atoms with van der Waals surface area (Å²) in [5.41, 5.74) is 0.942. The molecule has 2 aliphatic rings. The molecule has 1 aliphatic carbocycles. The SMILES string of the molecule is COCCOCCCNC(=NCC1CC1)Nc1ccc2c(c1)OCCCO2. The predicted molar refractivity (Wildman–Crippen MR) is 106 cm³/mol. The fraction of sp³-hybridized carbons (Fsp3) is 0.650. The highest BCUT2D eigenvalue weighted by atomic mass is 16.5. The van der Waals surface area contributed by atoms with Gasteiger partial charge < -0.3 is 29.6 Å². The third kappa shape index (κ3) is 7.27. The third-order valence-electron chi connectivity index (χ3n) is 4.40. The summed E-state index contributed by atoms with van der Waals surface area (Å²) in [6.45, 7) is 5.01. The molecule has 0 saturated heterocycles. The Balaban J connectivity index is 1.50. The highest BCUT2D eigenvalue weighted by molar-refractivity contribution is 5.94. The highest BCUT2D eigenvalue weighted by Gasteiger charge is 2.20. The van der Waals surface area contributed by atoms with E-state index in [9.17, 15) is 0 Å². The van der Waals surface area contributed by atoms with Gasteiger partial charge in [0, 0.05) is 45.0 Å². The van der Waals surface area contributed by atoms with Crippen molar-refractivity contribution in [2.45, 2.75) is 25.7 Å². The Morgan fingerprint density at radius 3 is 2.81 bits per heavy atom. The van der Waals surface area contributed by atoms with Gasteiger partial charge in [0.05, 0.1) is 26.4 Å². The normalized spacial score (nSPS) is 16.7. The number of methoxy groups -OCH3 is 1. The van der Waals surface area contributed by atoms with E-state index in [2.05, 4.69) is 10.6 Å². The smallest absolute Gasteiger partial charge is 0.195 e. The zero-order valence-corrected chi connectivity index (χ0v) is 16.2. The Bertz CT molecular complexity index is 605. The molecule has 2 N–H and O–H groups in total. The second kappa shape index (κ2) is 11.0. The molecule has 0 radical (unpaired) electrons. The van der Waals surface area contributed by atoms with Gasteiger partial charge in [-0.05, 0) is 37.3 Å². The second-order valence-corrected chi connectivity index (χ2v) is 6.86. The third-order valence-corrected chi connectivity index (χ3v) is 4.40. The molecule has 0 bridgehead atoms. The van der Waals surface area contributed by atoms with Crippen LogP contribution >= 0.6 is 0 Å². The number of aliphatic imine (C=N–C) groups is 1. The van der Waals surface area contributed by atoms with Crippen LogP contribution in [0.5, 0.6) is 11.5 Å². The summed E-state index contributed by atoms with van der Waals surface area (Å²) in [6, 6.07) is 5.92. The summed E-state index contributed by atoms with van der Waals surface area (Å²) in [4.78, 5) is 4.72. The van der Waals surface area contributed by atoms with Gasteiger partial charge in [-0.25, -0.2) is 0 Å². The van der Waals surface area contributed by atoms with E-state index in [0.29, 0.717) is 33.0 Å². The van der Waals surface area contributed by atoms with Crippen molar-refractivity contribution in [1.29, 1.82) is 0 Å². The van der Waals surface area contributed by atoms with Gasteiger partial charge in [0.1, 0.15) is 0 Å². The largest absolute Gasteiger partial charge is 0.490 e. The molecule has 7 nitrogen and oxygen atoms in total. The van der Waals surface area contributed by atoms with Gasteiger partial charge >= 0.3 is 0 Å². The van der Waals surface area contributed by atoms with Gasteiger partial charge in [-0.15, -0.1) is 0 Å². The molecule has 0 unspecified atom stereocenters. The summed E-state index contributed by atoms with van der Waals surface area (Å²) in [6.07, 6.45) is 4.39. The molecule has 0 aromatic heterocycles. The number of hydrogen-bond acceptors (Lipinski definition) is 5. The van der Waals surface area contributed by atoms with E-state index in [4.69, 9.17) is 23.9 Å². The summed E-state index contributed by atoms with van der Waals surface area (Å²) in [7, 11) is 1.68. The summed E-state index contributed by atoms with van der Waals surface area (Å²) < 4.78 is 21.9. The Morgan fingerprint density at radius 1 is 1.15 bits per heavy atom. The molecule has 1 saturated carbocycles. The van der Waals surface area contributed by atoms with Crippen LogP contribution in [-0.2, 0) is 9.47 Å². The molecule has 27 heavy (non-hydrogen) atoms.